The second-order valence-electron chi connectivity index (χ2n) is 15.3. The van der Waals surface area contributed by atoms with Crippen molar-refractivity contribution in [2.24, 2.45) is 0 Å². The molecule has 11 rings (SSSR count). The standard InChI is InChI=1S/C53H37NO/c1-53(2)47-21-9-7-19-45(47)52-48(53)22-12-23-49(52)54(37-29-32-51-46(33-37)44-18-8-10-24-50(44)55-51)36-27-25-35(26-28-36)39-30-31-43(42-17-6-5-16-40(39)42)41-20-11-14-34-13-3-4-15-38(34)41/h3-33H,1-2H3. The molecule has 9 aromatic carbocycles. The Morgan fingerprint density at radius 2 is 0.982 bits per heavy atom. The first-order valence-electron chi connectivity index (χ1n) is 19.1. The van der Waals surface area contributed by atoms with Gasteiger partial charge in [-0.25, -0.2) is 0 Å². The van der Waals surface area contributed by atoms with Crippen molar-refractivity contribution in [1.29, 1.82) is 0 Å². The molecule has 55 heavy (non-hydrogen) atoms. The van der Waals surface area contributed by atoms with Gasteiger partial charge in [-0.3, -0.25) is 0 Å². The third-order valence-corrected chi connectivity index (χ3v) is 11.9. The summed E-state index contributed by atoms with van der Waals surface area (Å²) in [6.07, 6.45) is 0. The van der Waals surface area contributed by atoms with Crippen molar-refractivity contribution in [3.63, 3.8) is 0 Å². The van der Waals surface area contributed by atoms with Gasteiger partial charge in [-0.05, 0) is 103 Å². The van der Waals surface area contributed by atoms with Crippen LogP contribution in [-0.2, 0) is 5.41 Å². The minimum Gasteiger partial charge on any atom is -0.456 e. The summed E-state index contributed by atoms with van der Waals surface area (Å²) in [6, 6.07) is 68.5. The van der Waals surface area contributed by atoms with Crippen LogP contribution in [0.15, 0.2) is 192 Å². The number of rotatable bonds is 5. The molecule has 10 aromatic rings. The zero-order chi connectivity index (χ0) is 36.7. The molecule has 1 aliphatic rings. The van der Waals surface area contributed by atoms with Crippen molar-refractivity contribution < 1.29 is 4.42 Å². The van der Waals surface area contributed by atoms with Gasteiger partial charge in [0.25, 0.3) is 0 Å². The maximum Gasteiger partial charge on any atom is 0.135 e. The van der Waals surface area contributed by atoms with Gasteiger partial charge >= 0.3 is 0 Å². The van der Waals surface area contributed by atoms with Gasteiger partial charge < -0.3 is 9.32 Å². The number of anilines is 3. The first-order valence-corrected chi connectivity index (χ1v) is 19.1. The second kappa shape index (κ2) is 12.1. The topological polar surface area (TPSA) is 16.4 Å². The number of para-hydroxylation sites is 1. The van der Waals surface area contributed by atoms with Crippen LogP contribution in [0.25, 0.3) is 76.9 Å². The minimum absolute atomic E-state index is 0.110. The van der Waals surface area contributed by atoms with E-state index in [0.717, 1.165) is 33.3 Å². The van der Waals surface area contributed by atoms with E-state index in [1.807, 2.05) is 12.1 Å². The number of nitrogens with zero attached hydrogens (tertiary/aromatic N) is 1. The van der Waals surface area contributed by atoms with Crippen molar-refractivity contribution in [2.45, 2.75) is 19.3 Å². The number of benzene rings is 9. The van der Waals surface area contributed by atoms with Gasteiger partial charge in [0.05, 0.1) is 5.69 Å². The van der Waals surface area contributed by atoms with Crippen LogP contribution in [-0.4, -0.2) is 0 Å². The van der Waals surface area contributed by atoms with Crippen molar-refractivity contribution in [2.75, 3.05) is 4.90 Å². The molecule has 0 aliphatic heterocycles. The lowest BCUT2D eigenvalue weighted by Gasteiger charge is -2.29. The van der Waals surface area contributed by atoms with Gasteiger partial charge in [0.2, 0.25) is 0 Å². The number of fused-ring (bicyclic) bond motifs is 8. The summed E-state index contributed by atoms with van der Waals surface area (Å²) in [6.45, 7) is 4.69. The van der Waals surface area contributed by atoms with E-state index in [9.17, 15) is 0 Å². The first kappa shape index (κ1) is 31.6. The van der Waals surface area contributed by atoms with Crippen LogP contribution in [0.2, 0.25) is 0 Å². The van der Waals surface area contributed by atoms with Crippen LogP contribution < -0.4 is 4.90 Å². The smallest absolute Gasteiger partial charge is 0.135 e. The zero-order valence-corrected chi connectivity index (χ0v) is 30.8. The van der Waals surface area contributed by atoms with Crippen LogP contribution in [0.3, 0.4) is 0 Å². The van der Waals surface area contributed by atoms with E-state index in [-0.39, 0.29) is 5.41 Å². The predicted octanol–water partition coefficient (Wildman–Crippen LogP) is 15.0. The lowest BCUT2D eigenvalue weighted by Crippen LogP contribution is -2.16. The lowest BCUT2D eigenvalue weighted by atomic mass is 9.82. The predicted molar refractivity (Wildman–Crippen MR) is 232 cm³/mol. The Hall–Kier alpha value is -6.90. The fourth-order valence-electron chi connectivity index (χ4n) is 9.24. The third kappa shape index (κ3) is 4.81. The highest BCUT2D eigenvalue weighted by Crippen LogP contribution is 2.54. The van der Waals surface area contributed by atoms with Crippen molar-refractivity contribution in [1.82, 2.24) is 0 Å². The Kier molecular flexibility index (Phi) is 6.93. The largest absolute Gasteiger partial charge is 0.456 e. The normalized spacial score (nSPS) is 13.1. The van der Waals surface area contributed by atoms with E-state index < -0.39 is 0 Å². The second-order valence-corrected chi connectivity index (χ2v) is 15.3. The van der Waals surface area contributed by atoms with Gasteiger partial charge in [0.15, 0.2) is 0 Å². The molecular weight excluding hydrogens is 667 g/mol. The molecule has 0 saturated carbocycles. The molecule has 0 fully saturated rings. The van der Waals surface area contributed by atoms with Crippen LogP contribution in [0.4, 0.5) is 17.1 Å². The minimum atomic E-state index is -0.110. The highest BCUT2D eigenvalue weighted by atomic mass is 16.3. The first-order chi connectivity index (χ1) is 27.0. The van der Waals surface area contributed by atoms with Crippen molar-refractivity contribution in [3.05, 3.63) is 199 Å². The van der Waals surface area contributed by atoms with Gasteiger partial charge in [-0.1, -0.05) is 159 Å². The number of furan rings is 1. The Bertz CT molecular complexity index is 3120. The SMILES string of the molecule is CC1(C)c2ccccc2-c2c(N(c3ccc(-c4ccc(-c5cccc6ccccc56)c5ccccc45)cc3)c3ccc4oc5ccccc5c4c3)cccc21. The molecule has 1 heterocycles. The fraction of sp³-hybridized carbons (Fsp3) is 0.0566. The molecule has 0 bridgehead atoms. The summed E-state index contributed by atoms with van der Waals surface area (Å²) in [5.74, 6) is 0. The summed E-state index contributed by atoms with van der Waals surface area (Å²) >= 11 is 0. The van der Waals surface area contributed by atoms with E-state index in [0.29, 0.717) is 0 Å². The van der Waals surface area contributed by atoms with Gasteiger partial charge in [0.1, 0.15) is 11.2 Å². The Morgan fingerprint density at radius 3 is 1.84 bits per heavy atom. The highest BCUT2D eigenvalue weighted by Gasteiger charge is 2.37. The molecule has 0 saturated heterocycles. The van der Waals surface area contributed by atoms with E-state index in [1.54, 1.807) is 0 Å². The van der Waals surface area contributed by atoms with Crippen LogP contribution in [0, 0.1) is 0 Å². The molecule has 2 heteroatoms. The summed E-state index contributed by atoms with van der Waals surface area (Å²) in [5.41, 5.74) is 15.3. The lowest BCUT2D eigenvalue weighted by molar-refractivity contribution is 0.660. The maximum absolute atomic E-state index is 6.29. The maximum atomic E-state index is 6.29. The molecular formula is C53H37NO. The molecule has 0 amide bonds. The van der Waals surface area contributed by atoms with Crippen LogP contribution >= 0.6 is 0 Å². The molecule has 0 radical (unpaired) electrons. The van der Waals surface area contributed by atoms with E-state index in [1.165, 1.54) is 71.7 Å². The zero-order valence-electron chi connectivity index (χ0n) is 30.8. The Labute approximate surface area is 320 Å². The van der Waals surface area contributed by atoms with Gasteiger partial charge in [0, 0.05) is 33.1 Å². The fourth-order valence-corrected chi connectivity index (χ4v) is 9.24. The molecule has 0 N–H and O–H groups in total. The molecule has 0 spiro atoms. The average Bonchev–Trinajstić information content (AvgIpc) is 3.72. The van der Waals surface area contributed by atoms with Gasteiger partial charge in [-0.2, -0.15) is 0 Å². The van der Waals surface area contributed by atoms with Gasteiger partial charge in [-0.15, -0.1) is 0 Å². The molecule has 1 aromatic heterocycles. The molecule has 1 aliphatic carbocycles. The quantitative estimate of drug-likeness (QED) is 0.177. The van der Waals surface area contributed by atoms with Crippen LogP contribution in [0.1, 0.15) is 25.0 Å². The van der Waals surface area contributed by atoms with E-state index in [4.69, 9.17) is 4.42 Å². The monoisotopic (exact) mass is 703 g/mol. The number of hydrogen-bond acceptors (Lipinski definition) is 2. The Morgan fingerprint density at radius 1 is 0.400 bits per heavy atom. The average molecular weight is 704 g/mol. The number of hydrogen-bond donors (Lipinski definition) is 0. The molecule has 2 nitrogen and oxygen atoms in total. The molecule has 260 valence electrons. The summed E-state index contributed by atoms with van der Waals surface area (Å²) in [4.78, 5) is 2.43. The molecule has 0 unspecified atom stereocenters. The Balaban J connectivity index is 1.08. The van der Waals surface area contributed by atoms with Crippen molar-refractivity contribution >= 4 is 60.5 Å². The van der Waals surface area contributed by atoms with Crippen molar-refractivity contribution in [3.8, 4) is 33.4 Å². The van der Waals surface area contributed by atoms with E-state index >= 15 is 0 Å². The van der Waals surface area contributed by atoms with Crippen LogP contribution in [0.5, 0.6) is 0 Å². The molecule has 0 atom stereocenters. The third-order valence-electron chi connectivity index (χ3n) is 11.9. The summed E-state index contributed by atoms with van der Waals surface area (Å²) in [7, 11) is 0. The highest BCUT2D eigenvalue weighted by molar-refractivity contribution is 6.10. The summed E-state index contributed by atoms with van der Waals surface area (Å²) in [5, 5.41) is 7.26. The van der Waals surface area contributed by atoms with E-state index in [2.05, 4.69) is 195 Å². The summed E-state index contributed by atoms with van der Waals surface area (Å²) < 4.78 is 6.29.